The van der Waals surface area contributed by atoms with E-state index in [4.69, 9.17) is 9.15 Å². The maximum atomic E-state index is 12.7. The molecule has 2 aliphatic rings. The Bertz CT molecular complexity index is 998. The minimum atomic E-state index is -3.59. The molecule has 1 aromatic heterocycles. The number of nitrogens with one attached hydrogen (secondary N) is 1. The fourth-order valence-corrected chi connectivity index (χ4v) is 5.01. The Morgan fingerprint density at radius 1 is 1.13 bits per heavy atom. The summed E-state index contributed by atoms with van der Waals surface area (Å²) in [4.78, 5) is 26.5. The lowest BCUT2D eigenvalue weighted by molar-refractivity contribution is -0.126. The second-order valence-electron chi connectivity index (χ2n) is 7.21. The lowest BCUT2D eigenvalue weighted by atomic mass is 10.1. The Balaban J connectivity index is 1.40. The summed E-state index contributed by atoms with van der Waals surface area (Å²) in [5.41, 5.74) is 0.572. The molecule has 0 unspecified atom stereocenters. The van der Waals surface area contributed by atoms with Gasteiger partial charge >= 0.3 is 0 Å². The van der Waals surface area contributed by atoms with E-state index in [0.29, 0.717) is 37.8 Å². The van der Waals surface area contributed by atoms with Crippen LogP contribution in [0.5, 0.6) is 0 Å². The molecule has 1 atom stereocenters. The summed E-state index contributed by atoms with van der Waals surface area (Å²) in [6, 6.07) is 9.71. The van der Waals surface area contributed by atoms with Crippen LogP contribution in [0.25, 0.3) is 0 Å². The van der Waals surface area contributed by atoms with Crippen LogP contribution in [0.4, 0.5) is 5.69 Å². The molecule has 0 bridgehead atoms. The van der Waals surface area contributed by atoms with E-state index in [1.807, 2.05) is 0 Å². The summed E-state index contributed by atoms with van der Waals surface area (Å²) in [5.74, 6) is -0.212. The molecule has 10 heteroatoms. The number of morpholine rings is 1. The monoisotopic (exact) mass is 433 g/mol. The lowest BCUT2D eigenvalue weighted by Gasteiger charge is -2.26. The quantitative estimate of drug-likeness (QED) is 0.727. The number of anilines is 1. The van der Waals surface area contributed by atoms with Crippen molar-refractivity contribution in [1.29, 1.82) is 0 Å². The molecule has 9 nitrogen and oxygen atoms in total. The third-order valence-electron chi connectivity index (χ3n) is 5.27. The van der Waals surface area contributed by atoms with Crippen LogP contribution in [-0.2, 0) is 30.9 Å². The van der Waals surface area contributed by atoms with Gasteiger partial charge in [0, 0.05) is 31.7 Å². The van der Waals surface area contributed by atoms with Gasteiger partial charge in [-0.25, -0.2) is 8.42 Å². The van der Waals surface area contributed by atoms with Crippen molar-refractivity contribution in [3.8, 4) is 0 Å². The first-order valence-corrected chi connectivity index (χ1v) is 11.2. The van der Waals surface area contributed by atoms with E-state index in [1.54, 1.807) is 24.3 Å². The van der Waals surface area contributed by atoms with E-state index in [9.17, 15) is 18.0 Å². The van der Waals surface area contributed by atoms with E-state index in [1.165, 1.54) is 27.6 Å². The average molecular weight is 433 g/mol. The van der Waals surface area contributed by atoms with Crippen molar-refractivity contribution < 1.29 is 27.2 Å². The highest BCUT2D eigenvalue weighted by atomic mass is 32.2. The van der Waals surface area contributed by atoms with Gasteiger partial charge in [0.2, 0.25) is 21.8 Å². The number of amides is 2. The zero-order chi connectivity index (χ0) is 21.1. The molecule has 3 heterocycles. The van der Waals surface area contributed by atoms with Crippen LogP contribution in [0.2, 0.25) is 0 Å². The van der Waals surface area contributed by atoms with E-state index in [2.05, 4.69) is 5.32 Å². The largest absolute Gasteiger partial charge is 0.467 e. The van der Waals surface area contributed by atoms with Crippen LogP contribution in [0.1, 0.15) is 12.2 Å². The van der Waals surface area contributed by atoms with Crippen LogP contribution in [0.3, 0.4) is 0 Å². The van der Waals surface area contributed by atoms with Crippen molar-refractivity contribution in [3.63, 3.8) is 0 Å². The summed E-state index contributed by atoms with van der Waals surface area (Å²) in [5, 5.41) is 2.78. The number of nitrogens with zero attached hydrogens (tertiary/aromatic N) is 2. The second kappa shape index (κ2) is 8.58. The third-order valence-corrected chi connectivity index (χ3v) is 7.18. The van der Waals surface area contributed by atoms with Crippen LogP contribution < -0.4 is 10.2 Å². The van der Waals surface area contributed by atoms with Gasteiger partial charge in [-0.05, 0) is 36.4 Å². The number of carbonyl (C=O) groups is 2. The highest BCUT2D eigenvalue weighted by molar-refractivity contribution is 7.89. The highest BCUT2D eigenvalue weighted by Gasteiger charge is 2.35. The summed E-state index contributed by atoms with van der Waals surface area (Å²) in [7, 11) is -3.59. The van der Waals surface area contributed by atoms with Gasteiger partial charge in [-0.2, -0.15) is 4.31 Å². The van der Waals surface area contributed by atoms with Crippen molar-refractivity contribution in [2.45, 2.75) is 17.9 Å². The van der Waals surface area contributed by atoms with Crippen molar-refractivity contribution in [2.75, 3.05) is 37.7 Å². The molecule has 160 valence electrons. The Hall–Kier alpha value is -2.69. The van der Waals surface area contributed by atoms with Gasteiger partial charge in [0.1, 0.15) is 5.76 Å². The Morgan fingerprint density at radius 3 is 2.53 bits per heavy atom. The first kappa shape index (κ1) is 20.6. The Labute approximate surface area is 174 Å². The number of hydrogen-bond acceptors (Lipinski definition) is 6. The topological polar surface area (TPSA) is 109 Å². The molecule has 2 fully saturated rings. The normalized spacial score (nSPS) is 20.5. The van der Waals surface area contributed by atoms with Gasteiger partial charge < -0.3 is 19.4 Å². The third kappa shape index (κ3) is 4.25. The molecule has 2 saturated heterocycles. The molecule has 2 aromatic rings. The Kier molecular flexibility index (Phi) is 5.89. The van der Waals surface area contributed by atoms with Crippen molar-refractivity contribution >= 4 is 27.5 Å². The van der Waals surface area contributed by atoms with E-state index >= 15 is 0 Å². The summed E-state index contributed by atoms with van der Waals surface area (Å²) < 4.78 is 37.2. The highest BCUT2D eigenvalue weighted by Crippen LogP contribution is 2.27. The van der Waals surface area contributed by atoms with Gasteiger partial charge in [0.05, 0.1) is 36.8 Å². The summed E-state index contributed by atoms with van der Waals surface area (Å²) in [6.45, 7) is 1.92. The molecule has 2 aliphatic heterocycles. The standard InChI is InChI=1S/C20H23N3O6S/c24-19-12-15(20(25)21-13-17-2-1-9-29-17)14-23(19)16-3-5-18(6-4-16)30(26,27)22-7-10-28-11-8-22/h1-6,9,15H,7-8,10-14H2,(H,21,25)/t15-/m0/s1. The van der Waals surface area contributed by atoms with E-state index in [-0.39, 0.29) is 36.2 Å². The average Bonchev–Trinajstić information content (AvgIpc) is 3.42. The molecule has 1 N–H and O–H groups in total. The van der Waals surface area contributed by atoms with E-state index in [0.717, 1.165) is 0 Å². The lowest BCUT2D eigenvalue weighted by Crippen LogP contribution is -2.40. The van der Waals surface area contributed by atoms with Gasteiger partial charge in [0.15, 0.2) is 0 Å². The molecule has 30 heavy (non-hydrogen) atoms. The van der Waals surface area contributed by atoms with Gasteiger partial charge in [-0.15, -0.1) is 0 Å². The fourth-order valence-electron chi connectivity index (χ4n) is 3.60. The SMILES string of the molecule is O=C(NCc1ccco1)[C@H]1CC(=O)N(c2ccc(S(=O)(=O)N3CCOCC3)cc2)C1. The number of furan rings is 1. The first-order chi connectivity index (χ1) is 14.4. The minimum Gasteiger partial charge on any atom is -0.467 e. The number of sulfonamides is 1. The molecule has 0 radical (unpaired) electrons. The number of ether oxygens (including phenoxy) is 1. The van der Waals surface area contributed by atoms with Crippen LogP contribution in [0.15, 0.2) is 52.0 Å². The maximum Gasteiger partial charge on any atom is 0.243 e. The molecule has 0 saturated carbocycles. The summed E-state index contributed by atoms with van der Waals surface area (Å²) >= 11 is 0. The number of hydrogen-bond donors (Lipinski definition) is 1. The van der Waals surface area contributed by atoms with Gasteiger partial charge in [-0.3, -0.25) is 9.59 Å². The molecule has 0 spiro atoms. The predicted octanol–water partition coefficient (Wildman–Crippen LogP) is 0.970. The fraction of sp³-hybridized carbons (Fsp3) is 0.400. The smallest absolute Gasteiger partial charge is 0.243 e. The molecule has 1 aromatic carbocycles. The zero-order valence-electron chi connectivity index (χ0n) is 16.3. The molecular formula is C20H23N3O6S. The molecular weight excluding hydrogens is 410 g/mol. The molecule has 2 amide bonds. The number of rotatable bonds is 6. The zero-order valence-corrected chi connectivity index (χ0v) is 17.1. The molecule has 0 aliphatic carbocycles. The van der Waals surface area contributed by atoms with Crippen molar-refractivity contribution in [1.82, 2.24) is 9.62 Å². The number of benzene rings is 1. The van der Waals surface area contributed by atoms with E-state index < -0.39 is 15.9 Å². The first-order valence-electron chi connectivity index (χ1n) is 9.73. The van der Waals surface area contributed by atoms with Crippen molar-refractivity contribution in [2.24, 2.45) is 5.92 Å². The van der Waals surface area contributed by atoms with Crippen LogP contribution in [-0.4, -0.2) is 57.4 Å². The minimum absolute atomic E-state index is 0.109. The summed E-state index contributed by atoms with van der Waals surface area (Å²) in [6.07, 6.45) is 1.64. The van der Waals surface area contributed by atoms with Gasteiger partial charge in [0.25, 0.3) is 0 Å². The maximum absolute atomic E-state index is 12.7. The van der Waals surface area contributed by atoms with Crippen LogP contribution >= 0.6 is 0 Å². The predicted molar refractivity (Wildman–Crippen MR) is 107 cm³/mol. The van der Waals surface area contributed by atoms with Crippen molar-refractivity contribution in [3.05, 3.63) is 48.4 Å². The van der Waals surface area contributed by atoms with Crippen LogP contribution in [0, 0.1) is 5.92 Å². The van der Waals surface area contributed by atoms with Gasteiger partial charge in [-0.1, -0.05) is 0 Å². The number of carbonyl (C=O) groups excluding carboxylic acids is 2. The Morgan fingerprint density at radius 2 is 1.87 bits per heavy atom. The molecule has 4 rings (SSSR count). The second-order valence-corrected chi connectivity index (χ2v) is 9.15.